The van der Waals surface area contributed by atoms with Gasteiger partial charge in [-0.3, -0.25) is 10.3 Å². The van der Waals surface area contributed by atoms with Crippen molar-refractivity contribution in [3.05, 3.63) is 93.5 Å². The Morgan fingerprint density at radius 1 is 1.03 bits per heavy atom. The summed E-state index contributed by atoms with van der Waals surface area (Å²) in [4.78, 5) is 5.02. The van der Waals surface area contributed by atoms with E-state index in [2.05, 4.69) is 52.4 Å². The summed E-state index contributed by atoms with van der Waals surface area (Å²) in [6, 6.07) is 21.8. The Hall–Kier alpha value is -2.63. The minimum atomic E-state index is -0.278. The molecule has 5 heteroatoms. The van der Waals surface area contributed by atoms with Crippen LogP contribution in [0.5, 0.6) is 11.5 Å². The first-order valence-corrected chi connectivity index (χ1v) is 10.4. The zero-order valence-electron chi connectivity index (χ0n) is 16.4. The number of nitrogens with one attached hydrogen (secondary N) is 1. The van der Waals surface area contributed by atoms with E-state index in [4.69, 9.17) is 9.73 Å². The summed E-state index contributed by atoms with van der Waals surface area (Å²) in [5, 5.41) is 14.1. The molecule has 3 aromatic carbocycles. The van der Waals surface area contributed by atoms with Crippen LogP contribution in [0.2, 0.25) is 0 Å². The largest absolute Gasteiger partial charge is 0.508 e. The summed E-state index contributed by atoms with van der Waals surface area (Å²) in [6.45, 7) is 2.08. The van der Waals surface area contributed by atoms with Crippen LogP contribution in [0, 0.1) is 6.92 Å². The third-order valence-corrected chi connectivity index (χ3v) is 5.72. The van der Waals surface area contributed by atoms with Gasteiger partial charge in [0, 0.05) is 33.8 Å². The molecule has 3 aromatic rings. The van der Waals surface area contributed by atoms with E-state index in [-0.39, 0.29) is 18.0 Å². The normalized spacial score (nSPS) is 18.9. The molecule has 0 amide bonds. The van der Waals surface area contributed by atoms with Crippen molar-refractivity contribution in [3.63, 3.8) is 0 Å². The maximum Gasteiger partial charge on any atom is 0.129 e. The molecule has 0 bridgehead atoms. The SMILES string of the molecule is COc1ccccc1[C@H]1N=C(c2ccc(C)cc2)C[C@@H](c2cc(Br)ccc2O)N1. The molecule has 2 N–H and O–H groups in total. The highest BCUT2D eigenvalue weighted by Crippen LogP contribution is 2.37. The molecule has 4 nitrogen and oxygen atoms in total. The Kier molecular flexibility index (Phi) is 5.69. The van der Waals surface area contributed by atoms with Gasteiger partial charge in [-0.2, -0.15) is 0 Å². The molecule has 0 fully saturated rings. The molecule has 1 aliphatic heterocycles. The average Bonchev–Trinajstić information content (AvgIpc) is 2.75. The number of aryl methyl sites for hydroxylation is 1. The maximum atomic E-state index is 10.5. The van der Waals surface area contributed by atoms with E-state index in [0.29, 0.717) is 6.42 Å². The first-order chi connectivity index (χ1) is 14.0. The maximum absolute atomic E-state index is 10.5. The smallest absolute Gasteiger partial charge is 0.129 e. The molecule has 2 atom stereocenters. The number of hydrogen-bond acceptors (Lipinski definition) is 4. The Bertz CT molecular complexity index is 1050. The van der Waals surface area contributed by atoms with Crippen molar-refractivity contribution in [2.75, 3.05) is 7.11 Å². The minimum absolute atomic E-state index is 0.0868. The summed E-state index contributed by atoms with van der Waals surface area (Å²) in [5.41, 5.74) is 5.13. The van der Waals surface area contributed by atoms with Crippen molar-refractivity contribution in [1.29, 1.82) is 0 Å². The van der Waals surface area contributed by atoms with Crippen LogP contribution >= 0.6 is 15.9 Å². The summed E-state index contributed by atoms with van der Waals surface area (Å²) in [6.07, 6.45) is 0.401. The first kappa shape index (κ1) is 19.7. The molecule has 1 aliphatic rings. The van der Waals surface area contributed by atoms with Gasteiger partial charge >= 0.3 is 0 Å². The molecule has 0 saturated heterocycles. The fourth-order valence-electron chi connectivity index (χ4n) is 3.68. The van der Waals surface area contributed by atoms with E-state index >= 15 is 0 Å². The zero-order chi connectivity index (χ0) is 20.4. The molecule has 0 saturated carbocycles. The number of phenolic OH excluding ortho intramolecular Hbond substituents is 1. The van der Waals surface area contributed by atoms with Crippen LogP contribution in [0.25, 0.3) is 0 Å². The van der Waals surface area contributed by atoms with Gasteiger partial charge in [0.25, 0.3) is 0 Å². The second-order valence-corrected chi connectivity index (χ2v) is 8.13. The lowest BCUT2D eigenvalue weighted by atomic mass is 9.93. The zero-order valence-corrected chi connectivity index (χ0v) is 18.0. The van der Waals surface area contributed by atoms with Crippen molar-refractivity contribution in [1.82, 2.24) is 5.32 Å². The third-order valence-electron chi connectivity index (χ3n) is 5.22. The second-order valence-electron chi connectivity index (χ2n) is 7.21. The quantitative estimate of drug-likeness (QED) is 0.536. The van der Waals surface area contributed by atoms with Crippen molar-refractivity contribution in [2.24, 2.45) is 4.99 Å². The predicted octanol–water partition coefficient (Wildman–Crippen LogP) is 5.69. The number of aliphatic imine (C=N–C) groups is 1. The Morgan fingerprint density at radius 3 is 2.55 bits per heavy atom. The molecular weight excluding hydrogens is 428 g/mol. The topological polar surface area (TPSA) is 53.9 Å². The molecule has 0 aromatic heterocycles. The standard InChI is InChI=1S/C24H23BrN2O2/c1-15-7-9-16(10-8-15)20-14-21(19-13-17(25)11-12-22(19)28)27-24(26-20)18-5-3-4-6-23(18)29-2/h3-13,21,24,27-28H,14H2,1-2H3/t21-,24-/m0/s1. The number of hydrogen-bond donors (Lipinski definition) is 2. The second kappa shape index (κ2) is 8.39. The summed E-state index contributed by atoms with van der Waals surface area (Å²) < 4.78 is 6.50. The van der Waals surface area contributed by atoms with Crippen LogP contribution in [0.1, 0.15) is 40.9 Å². The summed E-state index contributed by atoms with van der Waals surface area (Å²) >= 11 is 3.52. The third kappa shape index (κ3) is 4.21. The number of benzene rings is 3. The Morgan fingerprint density at radius 2 is 1.79 bits per heavy atom. The molecule has 4 rings (SSSR count). The van der Waals surface area contributed by atoms with Gasteiger partial charge in [-0.1, -0.05) is 64.0 Å². The Labute approximate surface area is 179 Å². The number of aromatic hydroxyl groups is 1. The van der Waals surface area contributed by atoms with Crippen molar-refractivity contribution < 1.29 is 9.84 Å². The molecule has 0 unspecified atom stereocenters. The molecule has 0 aliphatic carbocycles. The highest BCUT2D eigenvalue weighted by molar-refractivity contribution is 9.10. The van der Waals surface area contributed by atoms with Gasteiger partial charge in [0.2, 0.25) is 0 Å². The molecule has 1 heterocycles. The first-order valence-electron chi connectivity index (χ1n) is 9.56. The number of ether oxygens (including phenoxy) is 1. The molecule has 0 radical (unpaired) electrons. The van der Waals surface area contributed by atoms with E-state index in [1.807, 2.05) is 36.4 Å². The van der Waals surface area contributed by atoms with Gasteiger partial charge in [0.1, 0.15) is 17.7 Å². The van der Waals surface area contributed by atoms with E-state index in [1.165, 1.54) is 5.56 Å². The van der Waals surface area contributed by atoms with Crippen molar-refractivity contribution >= 4 is 21.6 Å². The van der Waals surface area contributed by atoms with E-state index in [1.54, 1.807) is 13.2 Å². The lowest BCUT2D eigenvalue weighted by Gasteiger charge is -2.31. The minimum Gasteiger partial charge on any atom is -0.508 e. The van der Waals surface area contributed by atoms with Crippen LogP contribution in [0.4, 0.5) is 0 Å². The highest BCUT2D eigenvalue weighted by Gasteiger charge is 2.29. The summed E-state index contributed by atoms with van der Waals surface area (Å²) in [5.74, 6) is 1.06. The van der Waals surface area contributed by atoms with Crippen molar-refractivity contribution in [2.45, 2.75) is 25.6 Å². The van der Waals surface area contributed by atoms with Gasteiger partial charge in [-0.25, -0.2) is 0 Å². The van der Waals surface area contributed by atoms with Gasteiger partial charge in [0.15, 0.2) is 0 Å². The Balaban J connectivity index is 1.80. The number of para-hydroxylation sites is 1. The average molecular weight is 451 g/mol. The number of phenols is 1. The highest BCUT2D eigenvalue weighted by atomic mass is 79.9. The van der Waals surface area contributed by atoms with Gasteiger partial charge < -0.3 is 9.84 Å². The van der Waals surface area contributed by atoms with Gasteiger partial charge in [-0.15, -0.1) is 0 Å². The van der Waals surface area contributed by atoms with Crippen LogP contribution in [0.3, 0.4) is 0 Å². The van der Waals surface area contributed by atoms with Gasteiger partial charge in [0.05, 0.1) is 7.11 Å². The fraction of sp³-hybridized carbons (Fsp3) is 0.208. The van der Waals surface area contributed by atoms with Crippen LogP contribution in [0.15, 0.2) is 76.2 Å². The number of rotatable bonds is 4. The van der Waals surface area contributed by atoms with Gasteiger partial charge in [-0.05, 0) is 36.8 Å². The summed E-state index contributed by atoms with van der Waals surface area (Å²) in [7, 11) is 1.67. The lowest BCUT2D eigenvalue weighted by molar-refractivity contribution is 0.381. The number of nitrogens with zero attached hydrogens (tertiary/aromatic N) is 1. The molecule has 148 valence electrons. The lowest BCUT2D eigenvalue weighted by Crippen LogP contribution is -2.33. The van der Waals surface area contributed by atoms with E-state index < -0.39 is 0 Å². The van der Waals surface area contributed by atoms with Crippen molar-refractivity contribution in [3.8, 4) is 11.5 Å². The van der Waals surface area contributed by atoms with E-state index in [9.17, 15) is 5.11 Å². The number of halogens is 1. The number of methoxy groups -OCH3 is 1. The van der Waals surface area contributed by atoms with Crippen LogP contribution in [-0.2, 0) is 0 Å². The molecule has 29 heavy (non-hydrogen) atoms. The van der Waals surface area contributed by atoms with Crippen LogP contribution < -0.4 is 10.1 Å². The van der Waals surface area contributed by atoms with E-state index in [0.717, 1.165) is 32.6 Å². The monoisotopic (exact) mass is 450 g/mol. The van der Waals surface area contributed by atoms with Crippen LogP contribution in [-0.4, -0.2) is 17.9 Å². The molecule has 0 spiro atoms. The fourth-order valence-corrected chi connectivity index (χ4v) is 4.06. The molecular formula is C24H23BrN2O2. The predicted molar refractivity (Wildman–Crippen MR) is 120 cm³/mol.